The number of esters is 1. The standard InChI is InChI=1S/C28H35N3O5/c1-28(2,3)36-27(34)24-15-10-18-31(24)25(32)17-16-22(30-35)23(19-20-11-6-4-7-12-20)29-26(33)21-13-8-5-9-14-21/h4-9,11-14,23-24,35H,10,15-19H2,1-3H3,(H,29,33)/t23-,24+/m1/s1. The van der Waals surface area contributed by atoms with Crippen LogP contribution in [0.15, 0.2) is 65.8 Å². The number of rotatable bonds is 9. The SMILES string of the molecule is CC(C)(C)OC(=O)[C@@H]1CCCN1C(=O)CCC(=NO)[C@@H](Cc1ccccc1)NC(=O)c1ccccc1. The third-order valence-corrected chi connectivity index (χ3v) is 6.00. The van der Waals surface area contributed by atoms with Crippen LogP contribution in [0, 0.1) is 0 Å². The molecule has 0 spiro atoms. The summed E-state index contributed by atoms with van der Waals surface area (Å²) in [7, 11) is 0. The maximum atomic E-state index is 13.1. The van der Waals surface area contributed by atoms with Gasteiger partial charge in [-0.2, -0.15) is 0 Å². The lowest BCUT2D eigenvalue weighted by Crippen LogP contribution is -2.45. The van der Waals surface area contributed by atoms with Crippen molar-refractivity contribution >= 4 is 23.5 Å². The van der Waals surface area contributed by atoms with Gasteiger partial charge < -0.3 is 20.2 Å². The molecule has 2 aromatic carbocycles. The molecule has 2 atom stereocenters. The molecule has 36 heavy (non-hydrogen) atoms. The molecule has 192 valence electrons. The second-order valence-corrected chi connectivity index (χ2v) is 9.95. The Balaban J connectivity index is 1.70. The van der Waals surface area contributed by atoms with Gasteiger partial charge in [-0.1, -0.05) is 53.7 Å². The van der Waals surface area contributed by atoms with Crippen LogP contribution in [0.1, 0.15) is 62.4 Å². The summed E-state index contributed by atoms with van der Waals surface area (Å²) in [6.07, 6.45) is 1.87. The number of nitrogens with zero attached hydrogens (tertiary/aromatic N) is 2. The Labute approximate surface area is 212 Å². The Morgan fingerprint density at radius 2 is 1.69 bits per heavy atom. The first-order valence-electron chi connectivity index (χ1n) is 12.3. The zero-order valence-corrected chi connectivity index (χ0v) is 21.1. The Kier molecular flexibility index (Phi) is 9.22. The van der Waals surface area contributed by atoms with Gasteiger partial charge in [0.05, 0.1) is 11.8 Å². The Hall–Kier alpha value is -3.68. The van der Waals surface area contributed by atoms with Gasteiger partial charge in [0.15, 0.2) is 0 Å². The number of carbonyl (C=O) groups is 3. The second kappa shape index (κ2) is 12.3. The molecule has 0 bridgehead atoms. The number of benzene rings is 2. The lowest BCUT2D eigenvalue weighted by Gasteiger charge is -2.27. The lowest BCUT2D eigenvalue weighted by molar-refractivity contribution is -0.163. The summed E-state index contributed by atoms with van der Waals surface area (Å²) in [4.78, 5) is 40.1. The van der Waals surface area contributed by atoms with E-state index in [0.717, 1.165) is 12.0 Å². The van der Waals surface area contributed by atoms with Crippen molar-refractivity contribution in [3.63, 3.8) is 0 Å². The molecule has 2 amide bonds. The highest BCUT2D eigenvalue weighted by Gasteiger charge is 2.37. The van der Waals surface area contributed by atoms with Gasteiger partial charge in [0.1, 0.15) is 11.6 Å². The smallest absolute Gasteiger partial charge is 0.329 e. The van der Waals surface area contributed by atoms with Crippen LogP contribution in [0.4, 0.5) is 0 Å². The average molecular weight is 494 g/mol. The van der Waals surface area contributed by atoms with Gasteiger partial charge in [0.2, 0.25) is 5.91 Å². The fourth-order valence-corrected chi connectivity index (χ4v) is 4.29. The maximum Gasteiger partial charge on any atom is 0.329 e. The summed E-state index contributed by atoms with van der Waals surface area (Å²) >= 11 is 0. The summed E-state index contributed by atoms with van der Waals surface area (Å²) in [5, 5.41) is 16.3. The summed E-state index contributed by atoms with van der Waals surface area (Å²) in [5.74, 6) is -0.910. The molecule has 0 unspecified atom stereocenters. The lowest BCUT2D eigenvalue weighted by atomic mass is 9.98. The van der Waals surface area contributed by atoms with Crippen molar-refractivity contribution in [2.24, 2.45) is 5.16 Å². The van der Waals surface area contributed by atoms with Crippen LogP contribution in [-0.4, -0.2) is 57.8 Å². The van der Waals surface area contributed by atoms with Crippen LogP contribution in [-0.2, 0) is 20.7 Å². The molecule has 1 aliphatic heterocycles. The predicted molar refractivity (Wildman–Crippen MR) is 137 cm³/mol. The minimum Gasteiger partial charge on any atom is -0.458 e. The van der Waals surface area contributed by atoms with Crippen LogP contribution in [0.2, 0.25) is 0 Å². The number of likely N-dealkylation sites (tertiary alicyclic amines) is 1. The van der Waals surface area contributed by atoms with Crippen LogP contribution in [0.25, 0.3) is 0 Å². The van der Waals surface area contributed by atoms with Crippen LogP contribution in [0.3, 0.4) is 0 Å². The molecule has 0 aromatic heterocycles. The molecule has 1 aliphatic rings. The molecular weight excluding hydrogens is 458 g/mol. The molecular formula is C28H35N3O5. The quantitative estimate of drug-likeness (QED) is 0.238. The molecule has 2 N–H and O–H groups in total. The summed E-state index contributed by atoms with van der Waals surface area (Å²) in [5.41, 5.74) is 1.10. The van der Waals surface area contributed by atoms with E-state index in [9.17, 15) is 19.6 Å². The van der Waals surface area contributed by atoms with Gasteiger partial charge in [0, 0.05) is 18.5 Å². The van der Waals surface area contributed by atoms with Crippen molar-refractivity contribution in [1.29, 1.82) is 0 Å². The van der Waals surface area contributed by atoms with E-state index in [1.807, 2.05) is 36.4 Å². The Morgan fingerprint density at radius 1 is 1.06 bits per heavy atom. The molecule has 8 heteroatoms. The first-order chi connectivity index (χ1) is 17.2. The van der Waals surface area contributed by atoms with Crippen LogP contribution >= 0.6 is 0 Å². The molecule has 2 aromatic rings. The first-order valence-corrected chi connectivity index (χ1v) is 12.3. The Bertz CT molecular complexity index is 1060. The third kappa shape index (κ3) is 7.66. The topological polar surface area (TPSA) is 108 Å². The molecule has 0 saturated carbocycles. The van der Waals surface area contributed by atoms with Crippen LogP contribution in [0.5, 0.6) is 0 Å². The summed E-state index contributed by atoms with van der Waals surface area (Å²) in [6, 6.07) is 17.1. The molecule has 3 rings (SSSR count). The van der Waals surface area contributed by atoms with E-state index in [2.05, 4.69) is 10.5 Å². The fraction of sp³-hybridized carbons (Fsp3) is 0.429. The molecule has 0 radical (unpaired) electrons. The van der Waals surface area contributed by atoms with Gasteiger partial charge in [-0.3, -0.25) is 9.59 Å². The molecule has 1 saturated heterocycles. The summed E-state index contributed by atoms with van der Waals surface area (Å²) < 4.78 is 5.50. The number of hydrogen-bond donors (Lipinski definition) is 2. The van der Waals surface area contributed by atoms with E-state index in [1.165, 1.54) is 0 Å². The molecule has 8 nitrogen and oxygen atoms in total. The number of nitrogens with one attached hydrogen (secondary N) is 1. The normalized spacial score (nSPS) is 16.9. The Morgan fingerprint density at radius 3 is 2.31 bits per heavy atom. The molecule has 1 heterocycles. The van der Waals surface area contributed by atoms with Gasteiger partial charge in [0.25, 0.3) is 5.91 Å². The van der Waals surface area contributed by atoms with E-state index in [-0.39, 0.29) is 24.7 Å². The summed E-state index contributed by atoms with van der Waals surface area (Å²) in [6.45, 7) is 5.87. The minimum atomic E-state index is -0.632. The van der Waals surface area contributed by atoms with Crippen LogP contribution < -0.4 is 5.32 Å². The van der Waals surface area contributed by atoms with Gasteiger partial charge in [-0.05, 0) is 64.2 Å². The highest BCUT2D eigenvalue weighted by atomic mass is 16.6. The first kappa shape index (κ1) is 26.9. The number of amides is 2. The molecule has 1 fully saturated rings. The van der Waals surface area contributed by atoms with E-state index in [0.29, 0.717) is 30.7 Å². The predicted octanol–water partition coefficient (Wildman–Crippen LogP) is 3.97. The van der Waals surface area contributed by atoms with Crippen molar-refractivity contribution in [3.8, 4) is 0 Å². The third-order valence-electron chi connectivity index (χ3n) is 6.00. The van der Waals surface area contributed by atoms with E-state index < -0.39 is 23.7 Å². The van der Waals surface area contributed by atoms with E-state index >= 15 is 0 Å². The highest BCUT2D eigenvalue weighted by Crippen LogP contribution is 2.22. The van der Waals surface area contributed by atoms with Crippen molar-refractivity contribution in [1.82, 2.24) is 10.2 Å². The number of carbonyl (C=O) groups excluding carboxylic acids is 3. The van der Waals surface area contributed by atoms with E-state index in [1.54, 1.807) is 49.9 Å². The zero-order chi connectivity index (χ0) is 26.1. The number of hydrogen-bond acceptors (Lipinski definition) is 6. The van der Waals surface area contributed by atoms with Crippen molar-refractivity contribution in [2.75, 3.05) is 6.54 Å². The van der Waals surface area contributed by atoms with Crippen molar-refractivity contribution < 1.29 is 24.3 Å². The highest BCUT2D eigenvalue weighted by molar-refractivity contribution is 6.00. The van der Waals surface area contributed by atoms with Crippen molar-refractivity contribution in [2.45, 2.75) is 70.6 Å². The minimum absolute atomic E-state index is 0.0468. The number of oxime groups is 1. The fourth-order valence-electron chi connectivity index (χ4n) is 4.29. The monoisotopic (exact) mass is 493 g/mol. The maximum absolute atomic E-state index is 13.1. The molecule has 0 aliphatic carbocycles. The average Bonchev–Trinajstić information content (AvgIpc) is 3.35. The number of ether oxygens (including phenoxy) is 1. The largest absolute Gasteiger partial charge is 0.458 e. The van der Waals surface area contributed by atoms with Gasteiger partial charge in [-0.25, -0.2) is 4.79 Å². The van der Waals surface area contributed by atoms with Gasteiger partial charge in [-0.15, -0.1) is 0 Å². The van der Waals surface area contributed by atoms with Gasteiger partial charge >= 0.3 is 5.97 Å². The zero-order valence-electron chi connectivity index (χ0n) is 21.1. The van der Waals surface area contributed by atoms with E-state index in [4.69, 9.17) is 4.74 Å². The van der Waals surface area contributed by atoms with Crippen molar-refractivity contribution in [3.05, 3.63) is 71.8 Å². The second-order valence-electron chi connectivity index (χ2n) is 9.95.